The third kappa shape index (κ3) is 4.37. The van der Waals surface area contributed by atoms with Crippen LogP contribution in [0.3, 0.4) is 0 Å². The minimum Gasteiger partial charge on any atom is -0.346 e. The van der Waals surface area contributed by atoms with Crippen LogP contribution in [0.4, 0.5) is 5.69 Å². The molecule has 1 rings (SSSR count). The highest BCUT2D eigenvalue weighted by molar-refractivity contribution is 5.96. The van der Waals surface area contributed by atoms with Gasteiger partial charge in [0.15, 0.2) is 0 Å². The minimum atomic E-state index is -0.344. The first-order valence-electron chi connectivity index (χ1n) is 6.31. The van der Waals surface area contributed by atoms with Crippen LogP contribution in [0.5, 0.6) is 0 Å². The number of aryl methyl sites for hydroxylation is 1. The molecule has 0 atom stereocenters. The Morgan fingerprint density at radius 1 is 1.26 bits per heavy atom. The van der Waals surface area contributed by atoms with Crippen LogP contribution in [0.1, 0.15) is 30.9 Å². The summed E-state index contributed by atoms with van der Waals surface area (Å²) >= 11 is 0. The Kier molecular flexibility index (Phi) is 5.51. The smallest absolute Gasteiger partial charge is 0.243 e. The molecule has 0 fully saturated rings. The van der Waals surface area contributed by atoms with Gasteiger partial charge in [-0.15, -0.1) is 0 Å². The number of hydrogen-bond donors (Lipinski definition) is 3. The number of nitrogens with two attached hydrogens (primary N) is 1. The van der Waals surface area contributed by atoms with E-state index in [4.69, 9.17) is 5.73 Å². The van der Waals surface area contributed by atoms with Crippen LogP contribution in [0.15, 0.2) is 18.2 Å². The Morgan fingerprint density at radius 2 is 1.95 bits per heavy atom. The Morgan fingerprint density at radius 3 is 2.53 bits per heavy atom. The molecule has 0 heterocycles. The van der Waals surface area contributed by atoms with Crippen molar-refractivity contribution < 1.29 is 9.59 Å². The second-order valence-electron chi connectivity index (χ2n) is 4.72. The van der Waals surface area contributed by atoms with Gasteiger partial charge in [0.2, 0.25) is 11.8 Å². The molecule has 0 bridgehead atoms. The summed E-state index contributed by atoms with van der Waals surface area (Å²) in [5.41, 5.74) is 8.06. The topological polar surface area (TPSA) is 84.2 Å². The zero-order valence-electron chi connectivity index (χ0n) is 11.6. The first kappa shape index (κ1) is 15.2. The van der Waals surface area contributed by atoms with Gasteiger partial charge in [0.1, 0.15) is 0 Å². The zero-order chi connectivity index (χ0) is 14.4. The van der Waals surface area contributed by atoms with Gasteiger partial charge in [0.25, 0.3) is 0 Å². The quantitative estimate of drug-likeness (QED) is 0.744. The Balaban J connectivity index is 2.76. The lowest BCUT2D eigenvalue weighted by atomic mass is 9.98. The van der Waals surface area contributed by atoms with Crippen LogP contribution < -0.4 is 16.4 Å². The van der Waals surface area contributed by atoms with E-state index in [1.165, 1.54) is 0 Å². The van der Waals surface area contributed by atoms with Crippen LogP contribution in [0, 0.1) is 6.92 Å². The number of hydrogen-bond acceptors (Lipinski definition) is 3. The van der Waals surface area contributed by atoms with Gasteiger partial charge in [0.05, 0.1) is 13.1 Å². The van der Waals surface area contributed by atoms with Crippen molar-refractivity contribution in [3.8, 4) is 0 Å². The van der Waals surface area contributed by atoms with Crippen molar-refractivity contribution in [3.05, 3.63) is 29.3 Å². The van der Waals surface area contributed by atoms with E-state index in [2.05, 4.69) is 24.5 Å². The number of para-hydroxylation sites is 1. The highest BCUT2D eigenvalue weighted by atomic mass is 16.2. The maximum absolute atomic E-state index is 11.8. The van der Waals surface area contributed by atoms with Crippen molar-refractivity contribution in [3.63, 3.8) is 0 Å². The summed E-state index contributed by atoms with van der Waals surface area (Å²) in [6, 6.07) is 5.90. The van der Waals surface area contributed by atoms with E-state index < -0.39 is 0 Å². The molecular weight excluding hydrogens is 242 g/mol. The van der Waals surface area contributed by atoms with Crippen LogP contribution >= 0.6 is 0 Å². The molecule has 0 aliphatic carbocycles. The standard InChI is InChI=1S/C14H21N3O2/c1-9(2)11-6-4-5-10(3)14(11)17-13(19)8-16-12(18)7-15/h4-6,9H,7-8,15H2,1-3H3,(H,16,18)(H,17,19). The lowest BCUT2D eigenvalue weighted by Crippen LogP contribution is -2.36. The van der Waals surface area contributed by atoms with Crippen molar-refractivity contribution in [2.75, 3.05) is 18.4 Å². The molecule has 0 spiro atoms. The van der Waals surface area contributed by atoms with Gasteiger partial charge in [-0.3, -0.25) is 9.59 Å². The molecule has 5 heteroatoms. The molecule has 19 heavy (non-hydrogen) atoms. The van der Waals surface area contributed by atoms with E-state index in [-0.39, 0.29) is 24.9 Å². The van der Waals surface area contributed by atoms with E-state index in [1.807, 2.05) is 25.1 Å². The summed E-state index contributed by atoms with van der Waals surface area (Å²) < 4.78 is 0. The molecule has 0 aliphatic heterocycles. The van der Waals surface area contributed by atoms with Gasteiger partial charge in [-0.2, -0.15) is 0 Å². The predicted molar refractivity (Wildman–Crippen MR) is 76.0 cm³/mol. The molecule has 0 saturated heterocycles. The van der Waals surface area contributed by atoms with Crippen molar-refractivity contribution in [2.24, 2.45) is 5.73 Å². The van der Waals surface area contributed by atoms with E-state index in [0.29, 0.717) is 5.92 Å². The summed E-state index contributed by atoms with van der Waals surface area (Å²) in [7, 11) is 0. The van der Waals surface area contributed by atoms with E-state index >= 15 is 0 Å². The molecule has 0 saturated carbocycles. The Hall–Kier alpha value is -1.88. The average Bonchev–Trinajstić information content (AvgIpc) is 2.38. The highest BCUT2D eigenvalue weighted by Crippen LogP contribution is 2.27. The summed E-state index contributed by atoms with van der Waals surface area (Å²) in [5.74, 6) is -0.282. The van der Waals surface area contributed by atoms with Gasteiger partial charge in [-0.25, -0.2) is 0 Å². The SMILES string of the molecule is Cc1cccc(C(C)C)c1NC(=O)CNC(=O)CN. The Bertz CT molecular complexity index is 470. The second-order valence-corrected chi connectivity index (χ2v) is 4.72. The van der Waals surface area contributed by atoms with Gasteiger partial charge in [-0.05, 0) is 24.0 Å². The molecule has 2 amide bonds. The van der Waals surface area contributed by atoms with Crippen LogP contribution in [0.25, 0.3) is 0 Å². The minimum absolute atomic E-state index is 0.0676. The van der Waals surface area contributed by atoms with Gasteiger partial charge < -0.3 is 16.4 Å². The van der Waals surface area contributed by atoms with Gasteiger partial charge >= 0.3 is 0 Å². The fourth-order valence-corrected chi connectivity index (χ4v) is 1.78. The molecule has 0 radical (unpaired) electrons. The lowest BCUT2D eigenvalue weighted by Gasteiger charge is -2.16. The summed E-state index contributed by atoms with van der Waals surface area (Å²) in [5, 5.41) is 5.29. The highest BCUT2D eigenvalue weighted by Gasteiger charge is 2.12. The van der Waals surface area contributed by atoms with Gasteiger partial charge in [-0.1, -0.05) is 32.0 Å². The van der Waals surface area contributed by atoms with Crippen LogP contribution in [-0.2, 0) is 9.59 Å². The predicted octanol–water partition coefficient (Wildman–Crippen LogP) is 1.13. The number of nitrogens with one attached hydrogen (secondary N) is 2. The molecular formula is C14H21N3O2. The van der Waals surface area contributed by atoms with E-state index in [1.54, 1.807) is 0 Å². The average molecular weight is 263 g/mol. The molecule has 4 N–H and O–H groups in total. The second kappa shape index (κ2) is 6.89. The molecule has 1 aromatic carbocycles. The first-order chi connectivity index (χ1) is 8.95. The number of anilines is 1. The van der Waals surface area contributed by atoms with Crippen LogP contribution in [-0.4, -0.2) is 24.9 Å². The van der Waals surface area contributed by atoms with Crippen molar-refractivity contribution in [1.29, 1.82) is 0 Å². The fraction of sp³-hybridized carbons (Fsp3) is 0.429. The normalized spacial score (nSPS) is 10.4. The summed E-state index contributed by atoms with van der Waals surface area (Å²) in [6.45, 7) is 5.90. The van der Waals surface area contributed by atoms with Crippen molar-refractivity contribution in [2.45, 2.75) is 26.7 Å². The number of rotatable bonds is 5. The van der Waals surface area contributed by atoms with Crippen molar-refractivity contribution >= 4 is 17.5 Å². The van der Waals surface area contributed by atoms with E-state index in [9.17, 15) is 9.59 Å². The molecule has 0 unspecified atom stereocenters. The summed E-state index contributed by atoms with van der Waals surface area (Å²) in [4.78, 5) is 22.8. The molecule has 0 aliphatic rings. The number of carbonyl (C=O) groups is 2. The third-order valence-corrected chi connectivity index (χ3v) is 2.82. The molecule has 104 valence electrons. The maximum atomic E-state index is 11.8. The number of amides is 2. The largest absolute Gasteiger partial charge is 0.346 e. The third-order valence-electron chi connectivity index (χ3n) is 2.82. The van der Waals surface area contributed by atoms with E-state index in [0.717, 1.165) is 16.8 Å². The van der Waals surface area contributed by atoms with Gasteiger partial charge in [0, 0.05) is 5.69 Å². The van der Waals surface area contributed by atoms with Crippen LogP contribution in [0.2, 0.25) is 0 Å². The monoisotopic (exact) mass is 263 g/mol. The zero-order valence-corrected chi connectivity index (χ0v) is 11.6. The maximum Gasteiger partial charge on any atom is 0.243 e. The first-order valence-corrected chi connectivity index (χ1v) is 6.31. The lowest BCUT2D eigenvalue weighted by molar-refractivity contribution is -0.123. The molecule has 0 aromatic heterocycles. The molecule has 1 aromatic rings. The Labute approximate surface area is 113 Å². The number of carbonyl (C=O) groups excluding carboxylic acids is 2. The number of benzene rings is 1. The van der Waals surface area contributed by atoms with Crippen molar-refractivity contribution in [1.82, 2.24) is 5.32 Å². The fourth-order valence-electron chi connectivity index (χ4n) is 1.78. The molecule has 5 nitrogen and oxygen atoms in total. The summed E-state index contributed by atoms with van der Waals surface area (Å²) in [6.07, 6.45) is 0.